The Labute approximate surface area is 102 Å². The maximum Gasteiger partial charge on any atom is 0.220 e. The van der Waals surface area contributed by atoms with Gasteiger partial charge >= 0.3 is 0 Å². The summed E-state index contributed by atoms with van der Waals surface area (Å²) in [5, 5.41) is 37.3. The van der Waals surface area contributed by atoms with Crippen LogP contribution in [0.4, 0.5) is 0 Å². The molecule has 4 N–H and O–H groups in total. The van der Waals surface area contributed by atoms with Gasteiger partial charge in [-0.15, -0.1) is 0 Å². The second kappa shape index (κ2) is 6.10. The van der Waals surface area contributed by atoms with Crippen molar-refractivity contribution in [3.63, 3.8) is 0 Å². The van der Waals surface area contributed by atoms with Gasteiger partial charge in [0.05, 0.1) is 6.61 Å². The van der Waals surface area contributed by atoms with Gasteiger partial charge in [-0.25, -0.2) is 0 Å². The summed E-state index contributed by atoms with van der Waals surface area (Å²) in [6.45, 7) is -0.456. The summed E-state index contributed by atoms with van der Waals surface area (Å²) in [7, 11) is 0. The normalized spacial score (nSPS) is 39.4. The molecule has 1 aliphatic rings. The lowest BCUT2D eigenvalue weighted by Gasteiger charge is -2.39. The molecule has 0 aromatic carbocycles. The Hall–Kier alpha value is 0.0400. The standard InChI is InChI=1S/C8H14O6S2/c1-16-8(15)14-6-3(2-9)13-7(12)5(11)4(6)10/h3-7,9-12H,2H2,1H3/t3-,4-,5-,6-,7+/m1/s1. The molecule has 6 nitrogen and oxygen atoms in total. The predicted molar refractivity (Wildman–Crippen MR) is 61.0 cm³/mol. The number of aliphatic hydroxyl groups excluding tert-OH is 4. The number of thioether (sulfide) groups is 1. The summed E-state index contributed by atoms with van der Waals surface area (Å²) in [6.07, 6.45) is -4.64. The minimum atomic E-state index is -1.55. The van der Waals surface area contributed by atoms with Crippen LogP contribution in [0.2, 0.25) is 0 Å². The first-order valence-electron chi connectivity index (χ1n) is 4.56. The monoisotopic (exact) mass is 270 g/mol. The van der Waals surface area contributed by atoms with Gasteiger partial charge in [0.1, 0.15) is 18.3 Å². The molecule has 94 valence electrons. The largest absolute Gasteiger partial charge is 0.470 e. The molecule has 0 spiro atoms. The molecule has 0 bridgehead atoms. The Bertz CT molecular complexity index is 249. The van der Waals surface area contributed by atoms with E-state index in [1.165, 1.54) is 0 Å². The SMILES string of the molecule is CSC(=S)O[C@H]1[C@H](O)[C@@H](O)[C@@H](O)O[C@@H]1CO. The summed E-state index contributed by atoms with van der Waals surface area (Å²) < 4.78 is 10.2. The molecule has 0 aromatic heterocycles. The average molecular weight is 270 g/mol. The van der Waals surface area contributed by atoms with Gasteiger partial charge < -0.3 is 29.9 Å². The highest BCUT2D eigenvalue weighted by atomic mass is 32.2. The van der Waals surface area contributed by atoms with E-state index >= 15 is 0 Å². The van der Waals surface area contributed by atoms with Crippen molar-refractivity contribution < 1.29 is 29.9 Å². The number of thiocarbonyl (C=S) groups is 1. The lowest BCUT2D eigenvalue weighted by atomic mass is 9.99. The van der Waals surface area contributed by atoms with E-state index in [-0.39, 0.29) is 4.38 Å². The third-order valence-corrected chi connectivity index (χ3v) is 3.26. The molecule has 8 heteroatoms. The molecule has 1 rings (SSSR count). The van der Waals surface area contributed by atoms with Gasteiger partial charge in [-0.3, -0.25) is 0 Å². The molecule has 0 radical (unpaired) electrons. The van der Waals surface area contributed by atoms with Gasteiger partial charge in [-0.05, 0) is 18.5 Å². The molecular weight excluding hydrogens is 256 g/mol. The zero-order chi connectivity index (χ0) is 12.3. The summed E-state index contributed by atoms with van der Waals surface area (Å²) in [4.78, 5) is 0. The summed E-state index contributed by atoms with van der Waals surface area (Å²) >= 11 is 5.96. The fourth-order valence-electron chi connectivity index (χ4n) is 1.37. The molecule has 16 heavy (non-hydrogen) atoms. The van der Waals surface area contributed by atoms with Gasteiger partial charge in [0.15, 0.2) is 12.4 Å². The van der Waals surface area contributed by atoms with Crippen molar-refractivity contribution in [1.82, 2.24) is 0 Å². The summed E-state index contributed by atoms with van der Waals surface area (Å²) in [6, 6.07) is 0. The van der Waals surface area contributed by atoms with Gasteiger partial charge in [0.2, 0.25) is 4.38 Å². The van der Waals surface area contributed by atoms with Crippen molar-refractivity contribution in [3.05, 3.63) is 0 Å². The van der Waals surface area contributed by atoms with Crippen LogP contribution in [0.15, 0.2) is 0 Å². The molecule has 1 fully saturated rings. The molecular formula is C8H14O6S2. The average Bonchev–Trinajstić information content (AvgIpc) is 2.29. The van der Waals surface area contributed by atoms with Crippen LogP contribution < -0.4 is 0 Å². The highest BCUT2D eigenvalue weighted by Gasteiger charge is 2.45. The van der Waals surface area contributed by atoms with Crippen molar-refractivity contribution >= 4 is 28.4 Å². The lowest BCUT2D eigenvalue weighted by Crippen LogP contribution is -2.59. The Kier molecular flexibility index (Phi) is 5.38. The van der Waals surface area contributed by atoms with E-state index in [9.17, 15) is 15.3 Å². The fraction of sp³-hybridized carbons (Fsp3) is 0.875. The predicted octanol–water partition coefficient (Wildman–Crippen LogP) is -1.55. The van der Waals surface area contributed by atoms with E-state index in [4.69, 9.17) is 26.8 Å². The van der Waals surface area contributed by atoms with Crippen LogP contribution >= 0.6 is 24.0 Å². The Balaban J connectivity index is 2.73. The van der Waals surface area contributed by atoms with E-state index in [0.29, 0.717) is 0 Å². The van der Waals surface area contributed by atoms with Gasteiger partial charge in [0.25, 0.3) is 0 Å². The van der Waals surface area contributed by atoms with Gasteiger partial charge in [-0.1, -0.05) is 11.8 Å². The zero-order valence-corrected chi connectivity index (χ0v) is 10.1. The smallest absolute Gasteiger partial charge is 0.220 e. The van der Waals surface area contributed by atoms with Gasteiger partial charge in [0, 0.05) is 0 Å². The fourth-order valence-corrected chi connectivity index (χ4v) is 1.69. The number of aliphatic hydroxyl groups is 4. The van der Waals surface area contributed by atoms with Crippen LogP contribution in [0.5, 0.6) is 0 Å². The minimum absolute atomic E-state index is 0.162. The van der Waals surface area contributed by atoms with Crippen molar-refractivity contribution in [2.24, 2.45) is 0 Å². The molecule has 1 heterocycles. The lowest BCUT2D eigenvalue weighted by molar-refractivity contribution is -0.283. The molecule has 0 saturated carbocycles. The third-order valence-electron chi connectivity index (χ3n) is 2.24. The number of rotatable bonds is 2. The summed E-state index contributed by atoms with van der Waals surface area (Å²) in [5.41, 5.74) is 0. The van der Waals surface area contributed by atoms with E-state index in [1.54, 1.807) is 6.26 Å². The van der Waals surface area contributed by atoms with Crippen molar-refractivity contribution in [3.8, 4) is 0 Å². The van der Waals surface area contributed by atoms with E-state index in [1.807, 2.05) is 0 Å². The van der Waals surface area contributed by atoms with E-state index < -0.39 is 37.3 Å². The molecule has 0 amide bonds. The number of hydrogen-bond donors (Lipinski definition) is 4. The Morgan fingerprint density at radius 1 is 1.38 bits per heavy atom. The molecule has 1 saturated heterocycles. The molecule has 5 atom stereocenters. The summed E-state index contributed by atoms with van der Waals surface area (Å²) in [5.74, 6) is 0. The van der Waals surface area contributed by atoms with Crippen molar-refractivity contribution in [2.75, 3.05) is 12.9 Å². The zero-order valence-electron chi connectivity index (χ0n) is 8.52. The Morgan fingerprint density at radius 2 is 2.00 bits per heavy atom. The second-order valence-corrected chi connectivity index (χ2v) is 4.67. The van der Waals surface area contributed by atoms with Crippen LogP contribution in [-0.4, -0.2) is 68.4 Å². The van der Waals surface area contributed by atoms with Crippen LogP contribution in [0, 0.1) is 0 Å². The third kappa shape index (κ3) is 3.04. The quantitative estimate of drug-likeness (QED) is 0.448. The van der Waals surface area contributed by atoms with Crippen LogP contribution in [0.25, 0.3) is 0 Å². The highest BCUT2D eigenvalue weighted by Crippen LogP contribution is 2.23. The van der Waals surface area contributed by atoms with E-state index in [2.05, 4.69) is 0 Å². The highest BCUT2D eigenvalue weighted by molar-refractivity contribution is 8.22. The number of hydrogen-bond acceptors (Lipinski definition) is 8. The first-order chi connectivity index (χ1) is 7.51. The van der Waals surface area contributed by atoms with Gasteiger partial charge in [-0.2, -0.15) is 0 Å². The van der Waals surface area contributed by atoms with Crippen LogP contribution in [-0.2, 0) is 9.47 Å². The van der Waals surface area contributed by atoms with E-state index in [0.717, 1.165) is 11.8 Å². The number of ether oxygens (including phenoxy) is 2. The van der Waals surface area contributed by atoms with Crippen molar-refractivity contribution in [1.29, 1.82) is 0 Å². The molecule has 0 unspecified atom stereocenters. The maximum absolute atomic E-state index is 9.66. The Morgan fingerprint density at radius 3 is 2.50 bits per heavy atom. The van der Waals surface area contributed by atoms with Crippen LogP contribution in [0.3, 0.4) is 0 Å². The first kappa shape index (κ1) is 14.1. The maximum atomic E-state index is 9.66. The molecule has 0 aromatic rings. The molecule has 0 aliphatic carbocycles. The molecule has 1 aliphatic heterocycles. The second-order valence-electron chi connectivity index (χ2n) is 3.27. The van der Waals surface area contributed by atoms with Crippen molar-refractivity contribution in [2.45, 2.75) is 30.7 Å². The van der Waals surface area contributed by atoms with Crippen LogP contribution in [0.1, 0.15) is 0 Å². The minimum Gasteiger partial charge on any atom is -0.470 e. The first-order valence-corrected chi connectivity index (χ1v) is 6.19. The topological polar surface area (TPSA) is 99.4 Å².